The van der Waals surface area contributed by atoms with Crippen LogP contribution in [0.4, 0.5) is 17.3 Å². The van der Waals surface area contributed by atoms with Crippen molar-refractivity contribution in [3.8, 4) is 5.75 Å². The predicted octanol–water partition coefficient (Wildman–Crippen LogP) is 1.72. The minimum Gasteiger partial charge on any atom is -0.491 e. The number of nitrogen functional groups attached to an aromatic ring is 3. The number of aryl methyl sites for hydroxylation is 1. The van der Waals surface area contributed by atoms with E-state index in [9.17, 15) is 0 Å². The Balaban J connectivity index is 1.68. The van der Waals surface area contributed by atoms with E-state index >= 15 is 0 Å². The molecule has 6 nitrogen and oxygen atoms in total. The number of hydrazine groups is 1. The first-order valence-electron chi connectivity index (χ1n) is 7.39. The summed E-state index contributed by atoms with van der Waals surface area (Å²) in [5, 5.41) is 0. The summed E-state index contributed by atoms with van der Waals surface area (Å²) < 4.78 is 5.87. The summed E-state index contributed by atoms with van der Waals surface area (Å²) in [5.74, 6) is 7.04. The van der Waals surface area contributed by atoms with Crippen molar-refractivity contribution in [1.82, 2.24) is 4.98 Å². The van der Waals surface area contributed by atoms with Crippen molar-refractivity contribution < 1.29 is 4.74 Å². The van der Waals surface area contributed by atoms with Gasteiger partial charge in [-0.3, -0.25) is 0 Å². The van der Waals surface area contributed by atoms with Crippen molar-refractivity contribution in [2.75, 3.05) is 23.5 Å². The second kappa shape index (κ2) is 6.11. The van der Waals surface area contributed by atoms with Gasteiger partial charge in [0, 0.05) is 6.07 Å². The van der Waals surface area contributed by atoms with E-state index in [1.54, 1.807) is 6.07 Å². The van der Waals surface area contributed by atoms with E-state index in [1.807, 2.05) is 0 Å². The zero-order valence-corrected chi connectivity index (χ0v) is 12.4. The molecule has 1 heterocycles. The average molecular weight is 299 g/mol. The summed E-state index contributed by atoms with van der Waals surface area (Å²) in [4.78, 5) is 4.01. The lowest BCUT2D eigenvalue weighted by atomic mass is 9.84. The fraction of sp³-hybridized carbons (Fsp3) is 0.312. The van der Waals surface area contributed by atoms with Crippen LogP contribution in [0, 0.1) is 5.92 Å². The maximum Gasteiger partial charge on any atom is 0.169 e. The van der Waals surface area contributed by atoms with Crippen LogP contribution in [0.1, 0.15) is 17.5 Å². The van der Waals surface area contributed by atoms with Gasteiger partial charge in [0.1, 0.15) is 17.3 Å². The summed E-state index contributed by atoms with van der Waals surface area (Å²) in [6.07, 6.45) is 3.23. The van der Waals surface area contributed by atoms with Gasteiger partial charge >= 0.3 is 0 Å². The maximum atomic E-state index is 5.97. The molecule has 1 aromatic carbocycles. The van der Waals surface area contributed by atoms with E-state index in [0.717, 1.165) is 19.3 Å². The highest BCUT2D eigenvalue weighted by molar-refractivity contribution is 5.71. The summed E-state index contributed by atoms with van der Waals surface area (Å²) in [6.45, 7) is 0.603. The highest BCUT2D eigenvalue weighted by Crippen LogP contribution is 2.31. The van der Waals surface area contributed by atoms with Crippen molar-refractivity contribution in [2.24, 2.45) is 11.8 Å². The van der Waals surface area contributed by atoms with Crippen LogP contribution in [0.15, 0.2) is 30.3 Å². The number of rotatable bonds is 4. The molecule has 0 saturated carbocycles. The third-order valence-electron chi connectivity index (χ3n) is 4.10. The topological polar surface area (TPSA) is 112 Å². The molecule has 3 rings (SSSR count). The third kappa shape index (κ3) is 2.92. The molecule has 0 aliphatic heterocycles. The first-order chi connectivity index (χ1) is 10.7. The Morgan fingerprint density at radius 3 is 2.77 bits per heavy atom. The van der Waals surface area contributed by atoms with Gasteiger partial charge in [0.2, 0.25) is 0 Å². The van der Waals surface area contributed by atoms with E-state index in [1.165, 1.54) is 11.1 Å². The summed E-state index contributed by atoms with van der Waals surface area (Å²) in [5.41, 5.74) is 17.4. The smallest absolute Gasteiger partial charge is 0.169 e. The quantitative estimate of drug-likeness (QED) is 0.505. The van der Waals surface area contributed by atoms with Gasteiger partial charge in [0.05, 0.1) is 6.61 Å². The van der Waals surface area contributed by atoms with Crippen LogP contribution >= 0.6 is 0 Å². The van der Waals surface area contributed by atoms with Crippen LogP contribution in [0.25, 0.3) is 0 Å². The second-order valence-electron chi connectivity index (χ2n) is 5.64. The number of nitrogens with two attached hydrogens (primary N) is 3. The number of aromatic nitrogens is 1. The number of nitrogens with one attached hydrogen (secondary N) is 1. The molecular weight excluding hydrogens is 278 g/mol. The molecule has 1 aliphatic carbocycles. The number of pyridine rings is 1. The minimum atomic E-state index is 0.325. The molecule has 1 unspecified atom stereocenters. The van der Waals surface area contributed by atoms with Crippen molar-refractivity contribution in [3.05, 3.63) is 41.5 Å². The van der Waals surface area contributed by atoms with Crippen LogP contribution in [-0.4, -0.2) is 11.6 Å². The normalized spacial score (nSPS) is 16.9. The van der Waals surface area contributed by atoms with Gasteiger partial charge in [-0.1, -0.05) is 24.3 Å². The molecule has 1 aromatic heterocycles. The monoisotopic (exact) mass is 299 g/mol. The van der Waals surface area contributed by atoms with Crippen molar-refractivity contribution in [2.45, 2.75) is 19.3 Å². The largest absolute Gasteiger partial charge is 0.491 e. The number of anilines is 3. The molecule has 0 saturated heterocycles. The highest BCUT2D eigenvalue weighted by atomic mass is 16.5. The lowest BCUT2D eigenvalue weighted by Gasteiger charge is -2.25. The van der Waals surface area contributed by atoms with Crippen LogP contribution in [0.2, 0.25) is 0 Å². The molecule has 2 aromatic rings. The van der Waals surface area contributed by atoms with E-state index < -0.39 is 0 Å². The average Bonchev–Trinajstić information content (AvgIpc) is 2.55. The Kier molecular flexibility index (Phi) is 4.02. The molecule has 1 aliphatic rings. The molecule has 0 fully saturated rings. The van der Waals surface area contributed by atoms with Crippen molar-refractivity contribution >= 4 is 17.3 Å². The first kappa shape index (κ1) is 14.5. The summed E-state index contributed by atoms with van der Waals surface area (Å²) >= 11 is 0. The molecule has 6 heteroatoms. The molecule has 1 atom stereocenters. The molecule has 7 N–H and O–H groups in total. The lowest BCUT2D eigenvalue weighted by Crippen LogP contribution is -2.21. The van der Waals surface area contributed by atoms with Crippen LogP contribution < -0.4 is 27.5 Å². The number of benzene rings is 1. The first-order valence-corrected chi connectivity index (χ1v) is 7.39. The van der Waals surface area contributed by atoms with Crippen molar-refractivity contribution in [1.29, 1.82) is 0 Å². The molecule has 22 heavy (non-hydrogen) atoms. The van der Waals surface area contributed by atoms with Gasteiger partial charge in [0.25, 0.3) is 0 Å². The maximum absolute atomic E-state index is 5.97. The molecule has 116 valence electrons. The molecule has 0 bridgehead atoms. The van der Waals surface area contributed by atoms with E-state index in [0.29, 0.717) is 35.6 Å². The Labute approximate surface area is 129 Å². The van der Waals surface area contributed by atoms with E-state index in [4.69, 9.17) is 22.0 Å². The highest BCUT2D eigenvalue weighted by Gasteiger charge is 2.19. The Morgan fingerprint density at radius 2 is 2.00 bits per heavy atom. The second-order valence-corrected chi connectivity index (χ2v) is 5.64. The Hall–Kier alpha value is -2.47. The summed E-state index contributed by atoms with van der Waals surface area (Å²) in [6, 6.07) is 10.2. The van der Waals surface area contributed by atoms with Gasteiger partial charge < -0.3 is 21.6 Å². The zero-order valence-electron chi connectivity index (χ0n) is 12.4. The SMILES string of the molecule is NNc1nc(N)cc(OCC2CCc3ccccc3C2)c1N. The molecular formula is C16H21N5O. The predicted molar refractivity (Wildman–Crippen MR) is 88.3 cm³/mol. The Morgan fingerprint density at radius 1 is 1.23 bits per heavy atom. The van der Waals surface area contributed by atoms with Crippen LogP contribution in [0.3, 0.4) is 0 Å². The number of nitrogens with zero attached hydrogens (tertiary/aromatic N) is 1. The van der Waals surface area contributed by atoms with Crippen molar-refractivity contribution in [3.63, 3.8) is 0 Å². The summed E-state index contributed by atoms with van der Waals surface area (Å²) in [7, 11) is 0. The lowest BCUT2D eigenvalue weighted by molar-refractivity contribution is 0.235. The van der Waals surface area contributed by atoms with Crippen LogP contribution in [0.5, 0.6) is 5.75 Å². The van der Waals surface area contributed by atoms with E-state index in [-0.39, 0.29) is 0 Å². The third-order valence-corrected chi connectivity index (χ3v) is 4.10. The fourth-order valence-electron chi connectivity index (χ4n) is 2.90. The van der Waals surface area contributed by atoms with Gasteiger partial charge in [-0.15, -0.1) is 0 Å². The van der Waals surface area contributed by atoms with E-state index in [2.05, 4.69) is 34.7 Å². The number of ether oxygens (including phenoxy) is 1. The standard InChI is InChI=1S/C16H21N5O/c17-14-8-13(15(18)16(20-14)21-19)22-9-10-5-6-11-3-1-2-4-12(11)7-10/h1-4,8,10H,5-7,9,18-19H2,(H3,17,20,21). The van der Waals surface area contributed by atoms with Gasteiger partial charge in [-0.25, -0.2) is 10.8 Å². The van der Waals surface area contributed by atoms with Gasteiger partial charge in [-0.2, -0.15) is 0 Å². The fourth-order valence-corrected chi connectivity index (χ4v) is 2.90. The molecule has 0 radical (unpaired) electrons. The molecule has 0 amide bonds. The number of hydrogen-bond acceptors (Lipinski definition) is 6. The van der Waals surface area contributed by atoms with Crippen LogP contribution in [-0.2, 0) is 12.8 Å². The number of hydrogen-bond donors (Lipinski definition) is 4. The molecule has 0 spiro atoms. The van der Waals surface area contributed by atoms with Gasteiger partial charge in [-0.05, 0) is 36.3 Å². The Bertz CT molecular complexity index is 674. The minimum absolute atomic E-state index is 0.325. The zero-order chi connectivity index (χ0) is 15.5. The van der Waals surface area contributed by atoms with Gasteiger partial charge in [0.15, 0.2) is 5.82 Å². The number of fused-ring (bicyclic) bond motifs is 1.